The van der Waals surface area contributed by atoms with E-state index in [1.165, 1.54) is 32.1 Å². The summed E-state index contributed by atoms with van der Waals surface area (Å²) in [5, 5.41) is 0. The number of esters is 1. The summed E-state index contributed by atoms with van der Waals surface area (Å²) >= 11 is 0. The van der Waals surface area contributed by atoms with Crippen LogP contribution in [0.15, 0.2) is 11.5 Å². The van der Waals surface area contributed by atoms with Gasteiger partial charge in [0.15, 0.2) is 4.91 Å². The van der Waals surface area contributed by atoms with Gasteiger partial charge < -0.3 is 4.74 Å². The molecule has 0 aromatic carbocycles. The Labute approximate surface area is 128 Å². The van der Waals surface area contributed by atoms with Gasteiger partial charge in [0.1, 0.15) is 6.10 Å². The number of ether oxygens (including phenoxy) is 1. The van der Waals surface area contributed by atoms with Gasteiger partial charge in [0.2, 0.25) is 0 Å². The standard InChI is InChI=1S/C15H28O5S/c1-4-6-7-8-9-10-11-12-14(5-2)20-15(16)13(3)21(17,18)19/h14H,3-12H2,1-2H3,(H,17,18,19). The normalized spacial score (nSPS) is 12.9. The summed E-state index contributed by atoms with van der Waals surface area (Å²) in [7, 11) is -4.56. The summed E-state index contributed by atoms with van der Waals surface area (Å²) in [5.41, 5.74) is 0. The molecule has 0 bridgehead atoms. The van der Waals surface area contributed by atoms with Crippen molar-refractivity contribution < 1.29 is 22.5 Å². The van der Waals surface area contributed by atoms with Crippen LogP contribution in [0, 0.1) is 0 Å². The molecule has 0 saturated heterocycles. The first-order valence-electron chi connectivity index (χ1n) is 7.70. The molecule has 0 aliphatic heterocycles. The lowest BCUT2D eigenvalue weighted by molar-refractivity contribution is -0.144. The molecule has 124 valence electrons. The predicted molar refractivity (Wildman–Crippen MR) is 83.5 cm³/mol. The first kappa shape index (κ1) is 20.1. The molecule has 0 aliphatic rings. The lowest BCUT2D eigenvalue weighted by Crippen LogP contribution is -2.21. The summed E-state index contributed by atoms with van der Waals surface area (Å²) in [6.45, 7) is 7.09. The summed E-state index contributed by atoms with van der Waals surface area (Å²) in [5.74, 6) is -1.06. The van der Waals surface area contributed by atoms with Crippen molar-refractivity contribution >= 4 is 16.1 Å². The van der Waals surface area contributed by atoms with E-state index in [1.54, 1.807) is 0 Å². The SMILES string of the molecule is C=C(C(=O)OC(CC)CCCCCCCCC)S(=O)(=O)O. The maximum atomic E-state index is 11.5. The van der Waals surface area contributed by atoms with Crippen LogP contribution >= 0.6 is 0 Å². The number of hydrogen-bond acceptors (Lipinski definition) is 4. The zero-order valence-electron chi connectivity index (χ0n) is 13.1. The van der Waals surface area contributed by atoms with Crippen LogP contribution in [0.4, 0.5) is 0 Å². The molecule has 1 N–H and O–H groups in total. The van der Waals surface area contributed by atoms with Gasteiger partial charge in [0, 0.05) is 0 Å². The Kier molecular flexibility index (Phi) is 10.3. The van der Waals surface area contributed by atoms with Crippen LogP contribution in [-0.4, -0.2) is 25.0 Å². The third-order valence-electron chi connectivity index (χ3n) is 3.40. The summed E-state index contributed by atoms with van der Waals surface area (Å²) in [6, 6.07) is 0. The second kappa shape index (κ2) is 10.8. The second-order valence-electron chi connectivity index (χ2n) is 5.24. The van der Waals surface area contributed by atoms with Crippen molar-refractivity contribution in [1.82, 2.24) is 0 Å². The van der Waals surface area contributed by atoms with Gasteiger partial charge in [-0.2, -0.15) is 8.42 Å². The summed E-state index contributed by atoms with van der Waals surface area (Å²) < 4.78 is 35.4. The predicted octanol–water partition coefficient (Wildman–Crippen LogP) is 3.85. The van der Waals surface area contributed by atoms with Crippen LogP contribution in [-0.2, 0) is 19.6 Å². The fraction of sp³-hybridized carbons (Fsp3) is 0.800. The highest BCUT2D eigenvalue weighted by molar-refractivity contribution is 7.90. The first-order valence-corrected chi connectivity index (χ1v) is 9.14. The fourth-order valence-corrected chi connectivity index (χ4v) is 2.26. The second-order valence-corrected chi connectivity index (χ2v) is 6.69. The van der Waals surface area contributed by atoms with E-state index in [2.05, 4.69) is 13.5 Å². The van der Waals surface area contributed by atoms with E-state index >= 15 is 0 Å². The number of rotatable bonds is 12. The van der Waals surface area contributed by atoms with Gasteiger partial charge in [0.05, 0.1) is 0 Å². The van der Waals surface area contributed by atoms with Crippen LogP contribution in [0.1, 0.15) is 71.6 Å². The van der Waals surface area contributed by atoms with Crippen molar-refractivity contribution in [3.8, 4) is 0 Å². The van der Waals surface area contributed by atoms with Gasteiger partial charge in [-0.25, -0.2) is 4.79 Å². The van der Waals surface area contributed by atoms with Gasteiger partial charge in [-0.05, 0) is 19.3 Å². The Bertz CT molecular complexity index is 414. The maximum absolute atomic E-state index is 11.5. The molecule has 21 heavy (non-hydrogen) atoms. The molecule has 6 heteroatoms. The van der Waals surface area contributed by atoms with Gasteiger partial charge in [-0.3, -0.25) is 4.55 Å². The zero-order chi connectivity index (χ0) is 16.3. The minimum Gasteiger partial charge on any atom is -0.458 e. The molecule has 1 atom stereocenters. The van der Waals surface area contributed by atoms with E-state index in [-0.39, 0.29) is 6.10 Å². The van der Waals surface area contributed by atoms with Gasteiger partial charge in [0.25, 0.3) is 0 Å². The maximum Gasteiger partial charge on any atom is 0.351 e. The minimum absolute atomic E-state index is 0.327. The molecular weight excluding hydrogens is 292 g/mol. The van der Waals surface area contributed by atoms with E-state index in [4.69, 9.17) is 9.29 Å². The van der Waals surface area contributed by atoms with Crippen molar-refractivity contribution in [1.29, 1.82) is 0 Å². The van der Waals surface area contributed by atoms with E-state index in [0.717, 1.165) is 12.8 Å². The molecule has 0 rings (SSSR count). The summed E-state index contributed by atoms with van der Waals surface area (Å²) in [6.07, 6.45) is 9.16. The topological polar surface area (TPSA) is 80.7 Å². The smallest absolute Gasteiger partial charge is 0.351 e. The third-order valence-corrected chi connectivity index (χ3v) is 4.19. The summed E-state index contributed by atoms with van der Waals surface area (Å²) in [4.78, 5) is 10.6. The molecule has 0 aromatic rings. The van der Waals surface area contributed by atoms with Crippen LogP contribution in [0.3, 0.4) is 0 Å². The number of unbranched alkanes of at least 4 members (excludes halogenated alkanes) is 6. The van der Waals surface area contributed by atoms with Crippen LogP contribution < -0.4 is 0 Å². The Balaban J connectivity index is 3.96. The molecule has 0 saturated carbocycles. The van der Waals surface area contributed by atoms with Crippen LogP contribution in [0.2, 0.25) is 0 Å². The van der Waals surface area contributed by atoms with Crippen molar-refractivity contribution in [3.63, 3.8) is 0 Å². The molecule has 0 aliphatic carbocycles. The first-order chi connectivity index (χ1) is 9.82. The Morgan fingerprint density at radius 3 is 2.10 bits per heavy atom. The van der Waals surface area contributed by atoms with Gasteiger partial charge in [-0.1, -0.05) is 59.0 Å². The molecule has 5 nitrogen and oxygen atoms in total. The Morgan fingerprint density at radius 1 is 1.10 bits per heavy atom. The highest BCUT2D eigenvalue weighted by Gasteiger charge is 2.23. The fourth-order valence-electron chi connectivity index (χ4n) is 2.00. The highest BCUT2D eigenvalue weighted by atomic mass is 32.2. The number of carbonyl (C=O) groups excluding carboxylic acids is 1. The lowest BCUT2D eigenvalue weighted by Gasteiger charge is -2.16. The molecule has 0 aromatic heterocycles. The molecule has 0 heterocycles. The van der Waals surface area contributed by atoms with Gasteiger partial charge >= 0.3 is 16.1 Å². The van der Waals surface area contributed by atoms with Crippen molar-refractivity contribution in [2.75, 3.05) is 0 Å². The molecule has 1 unspecified atom stereocenters. The van der Waals surface area contributed by atoms with Crippen molar-refractivity contribution in [2.45, 2.75) is 77.7 Å². The molecule has 0 amide bonds. The minimum atomic E-state index is -4.56. The Morgan fingerprint density at radius 2 is 1.62 bits per heavy atom. The third kappa shape index (κ3) is 9.63. The van der Waals surface area contributed by atoms with Crippen molar-refractivity contribution in [2.24, 2.45) is 0 Å². The van der Waals surface area contributed by atoms with E-state index in [0.29, 0.717) is 12.8 Å². The van der Waals surface area contributed by atoms with E-state index < -0.39 is 21.0 Å². The zero-order valence-corrected chi connectivity index (χ0v) is 14.0. The number of hydrogen-bond donors (Lipinski definition) is 1. The van der Waals surface area contributed by atoms with Crippen LogP contribution in [0.25, 0.3) is 0 Å². The molecule has 0 radical (unpaired) electrons. The Hall–Kier alpha value is -0.880. The average molecular weight is 320 g/mol. The number of carbonyl (C=O) groups is 1. The lowest BCUT2D eigenvalue weighted by atomic mass is 10.1. The van der Waals surface area contributed by atoms with E-state index in [1.807, 2.05) is 6.92 Å². The highest BCUT2D eigenvalue weighted by Crippen LogP contribution is 2.15. The molecule has 0 spiro atoms. The van der Waals surface area contributed by atoms with Crippen LogP contribution in [0.5, 0.6) is 0 Å². The van der Waals surface area contributed by atoms with Gasteiger partial charge in [-0.15, -0.1) is 0 Å². The molecule has 0 fully saturated rings. The monoisotopic (exact) mass is 320 g/mol. The largest absolute Gasteiger partial charge is 0.458 e. The van der Waals surface area contributed by atoms with E-state index in [9.17, 15) is 13.2 Å². The quantitative estimate of drug-likeness (QED) is 0.256. The molecular formula is C15H28O5S. The average Bonchev–Trinajstić information content (AvgIpc) is 2.42. The van der Waals surface area contributed by atoms with Crippen molar-refractivity contribution in [3.05, 3.63) is 11.5 Å².